The molecule has 0 saturated heterocycles. The number of benzene rings is 1. The summed E-state index contributed by atoms with van der Waals surface area (Å²) in [6.45, 7) is 4.87. The van der Waals surface area contributed by atoms with Crippen molar-refractivity contribution in [2.24, 2.45) is 0 Å². The summed E-state index contributed by atoms with van der Waals surface area (Å²) in [6.07, 6.45) is 2.31. The lowest BCUT2D eigenvalue weighted by molar-refractivity contribution is 0.115. The number of fused-ring (bicyclic) bond motifs is 1. The van der Waals surface area contributed by atoms with Gasteiger partial charge in [0.2, 0.25) is 0 Å². The Morgan fingerprint density at radius 2 is 2.14 bits per heavy atom. The summed E-state index contributed by atoms with van der Waals surface area (Å²) < 4.78 is 10.6. The Balaban J connectivity index is 2.24. The van der Waals surface area contributed by atoms with Crippen LogP contribution in [0.1, 0.15) is 30.5 Å². The Morgan fingerprint density at radius 3 is 2.81 bits per heavy atom. The highest BCUT2D eigenvalue weighted by atomic mass is 16.5. The molecule has 1 aliphatic rings. The lowest BCUT2D eigenvalue weighted by Gasteiger charge is -2.39. The van der Waals surface area contributed by atoms with Crippen LogP contribution in [0.3, 0.4) is 0 Å². The molecule has 2 rings (SSSR count). The van der Waals surface area contributed by atoms with Gasteiger partial charge in [-0.15, -0.1) is 0 Å². The van der Waals surface area contributed by atoms with Crippen LogP contribution in [0.2, 0.25) is 0 Å². The molecule has 0 aromatic heterocycles. The van der Waals surface area contributed by atoms with Gasteiger partial charge in [-0.05, 0) is 49.7 Å². The van der Waals surface area contributed by atoms with Crippen LogP contribution in [0.5, 0.6) is 5.75 Å². The fourth-order valence-electron chi connectivity index (χ4n) is 3.24. The Kier molecular flexibility index (Phi) is 6.03. The Labute approximate surface area is 128 Å². The van der Waals surface area contributed by atoms with Crippen LogP contribution in [0.4, 0.5) is 0 Å². The molecule has 0 radical (unpaired) electrons. The Hall–Kier alpha value is -1.10. The van der Waals surface area contributed by atoms with E-state index in [0.717, 1.165) is 31.9 Å². The topological polar surface area (TPSA) is 33.7 Å². The molecule has 0 saturated carbocycles. The van der Waals surface area contributed by atoms with Crippen molar-refractivity contribution in [2.75, 3.05) is 41.0 Å². The maximum absolute atomic E-state index is 5.41. The second-order valence-electron chi connectivity index (χ2n) is 5.68. The number of likely N-dealkylation sites (N-methyl/N-ethyl adjacent to an activating group) is 2. The number of methoxy groups -OCH3 is 2. The molecule has 0 fully saturated rings. The number of rotatable bonds is 7. The van der Waals surface area contributed by atoms with Crippen molar-refractivity contribution >= 4 is 0 Å². The summed E-state index contributed by atoms with van der Waals surface area (Å²) in [5.74, 6) is 0.942. The molecule has 2 atom stereocenters. The minimum Gasteiger partial charge on any atom is -0.497 e. The van der Waals surface area contributed by atoms with Crippen LogP contribution in [-0.2, 0) is 11.2 Å². The van der Waals surface area contributed by atoms with Gasteiger partial charge in [0.1, 0.15) is 5.75 Å². The molecular formula is C17H28N2O2. The summed E-state index contributed by atoms with van der Waals surface area (Å²) in [7, 11) is 5.69. The third kappa shape index (κ3) is 3.76. The summed E-state index contributed by atoms with van der Waals surface area (Å²) in [4.78, 5) is 2.42. The molecule has 0 aliphatic heterocycles. The van der Waals surface area contributed by atoms with E-state index in [-0.39, 0.29) is 0 Å². The van der Waals surface area contributed by atoms with E-state index in [1.54, 1.807) is 14.2 Å². The molecule has 1 aliphatic carbocycles. The van der Waals surface area contributed by atoms with Crippen molar-refractivity contribution in [1.82, 2.24) is 10.2 Å². The van der Waals surface area contributed by atoms with Crippen molar-refractivity contribution in [3.05, 3.63) is 29.3 Å². The van der Waals surface area contributed by atoms with Gasteiger partial charge in [0.25, 0.3) is 0 Å². The lowest BCUT2D eigenvalue weighted by Crippen LogP contribution is -2.46. The molecule has 2 unspecified atom stereocenters. The minimum atomic E-state index is 0.357. The minimum absolute atomic E-state index is 0.357. The van der Waals surface area contributed by atoms with Crippen LogP contribution in [0, 0.1) is 0 Å². The van der Waals surface area contributed by atoms with Gasteiger partial charge in [0.05, 0.1) is 13.7 Å². The summed E-state index contributed by atoms with van der Waals surface area (Å²) >= 11 is 0. The van der Waals surface area contributed by atoms with Gasteiger partial charge in [-0.2, -0.15) is 0 Å². The normalized spacial score (nSPS) is 21.4. The number of aryl methyl sites for hydroxylation is 1. The molecule has 21 heavy (non-hydrogen) atoms. The lowest BCUT2D eigenvalue weighted by atomic mass is 9.83. The van der Waals surface area contributed by atoms with E-state index >= 15 is 0 Å². The van der Waals surface area contributed by atoms with E-state index in [9.17, 15) is 0 Å². The monoisotopic (exact) mass is 292 g/mol. The summed E-state index contributed by atoms with van der Waals surface area (Å²) in [6, 6.07) is 7.33. The fourth-order valence-corrected chi connectivity index (χ4v) is 3.24. The molecule has 1 aromatic carbocycles. The third-order valence-corrected chi connectivity index (χ3v) is 4.42. The van der Waals surface area contributed by atoms with Crippen LogP contribution in [0.25, 0.3) is 0 Å². The van der Waals surface area contributed by atoms with Gasteiger partial charge >= 0.3 is 0 Å². The van der Waals surface area contributed by atoms with Gasteiger partial charge in [0.15, 0.2) is 0 Å². The summed E-state index contributed by atoms with van der Waals surface area (Å²) in [5.41, 5.74) is 2.83. The van der Waals surface area contributed by atoms with Gasteiger partial charge in [-0.3, -0.25) is 4.90 Å². The number of hydrogen-bond acceptors (Lipinski definition) is 4. The second-order valence-corrected chi connectivity index (χ2v) is 5.68. The van der Waals surface area contributed by atoms with Crippen molar-refractivity contribution in [1.29, 1.82) is 0 Å². The van der Waals surface area contributed by atoms with Gasteiger partial charge in [0, 0.05) is 25.7 Å². The van der Waals surface area contributed by atoms with E-state index in [4.69, 9.17) is 9.47 Å². The van der Waals surface area contributed by atoms with E-state index in [2.05, 4.69) is 42.4 Å². The molecule has 1 N–H and O–H groups in total. The number of nitrogens with zero attached hydrogens (tertiary/aromatic N) is 1. The average Bonchev–Trinajstić information content (AvgIpc) is 2.52. The molecular weight excluding hydrogens is 264 g/mol. The van der Waals surface area contributed by atoms with Crippen molar-refractivity contribution in [3.63, 3.8) is 0 Å². The highest BCUT2D eigenvalue weighted by Gasteiger charge is 2.31. The SMILES string of the molecule is CCNC1c2cc(OC)ccc2CCC1N(C)CCOC. The van der Waals surface area contributed by atoms with E-state index in [1.807, 2.05) is 0 Å². The fraction of sp³-hybridized carbons (Fsp3) is 0.647. The van der Waals surface area contributed by atoms with Crippen LogP contribution >= 0.6 is 0 Å². The molecule has 118 valence electrons. The van der Waals surface area contributed by atoms with Crippen molar-refractivity contribution in [3.8, 4) is 5.75 Å². The first-order valence-electron chi connectivity index (χ1n) is 7.80. The Morgan fingerprint density at radius 1 is 1.33 bits per heavy atom. The highest BCUT2D eigenvalue weighted by Crippen LogP contribution is 2.34. The zero-order valence-corrected chi connectivity index (χ0v) is 13.7. The first kappa shape index (κ1) is 16.3. The Bertz CT molecular complexity index is 450. The maximum atomic E-state index is 5.41. The first-order chi connectivity index (χ1) is 10.2. The zero-order chi connectivity index (χ0) is 15.2. The predicted molar refractivity (Wildman–Crippen MR) is 86.0 cm³/mol. The molecule has 1 aromatic rings. The van der Waals surface area contributed by atoms with E-state index < -0.39 is 0 Å². The summed E-state index contributed by atoms with van der Waals surface area (Å²) in [5, 5.41) is 3.66. The predicted octanol–water partition coefficient (Wildman–Crippen LogP) is 2.24. The number of ether oxygens (including phenoxy) is 2. The number of nitrogens with one attached hydrogen (secondary N) is 1. The zero-order valence-electron chi connectivity index (χ0n) is 13.7. The van der Waals surface area contributed by atoms with Crippen molar-refractivity contribution in [2.45, 2.75) is 31.8 Å². The highest BCUT2D eigenvalue weighted by molar-refractivity contribution is 5.40. The molecule has 4 nitrogen and oxygen atoms in total. The van der Waals surface area contributed by atoms with E-state index in [1.165, 1.54) is 17.5 Å². The standard InChI is InChI=1S/C17H28N2O2/c1-5-18-17-15-12-14(21-4)8-6-13(15)7-9-16(17)19(2)10-11-20-3/h6,8,12,16-18H,5,7,9-11H2,1-4H3. The van der Waals surface area contributed by atoms with Crippen LogP contribution in [-0.4, -0.2) is 51.9 Å². The van der Waals surface area contributed by atoms with Crippen LogP contribution in [0.15, 0.2) is 18.2 Å². The van der Waals surface area contributed by atoms with Crippen molar-refractivity contribution < 1.29 is 9.47 Å². The first-order valence-corrected chi connectivity index (χ1v) is 7.80. The van der Waals surface area contributed by atoms with Gasteiger partial charge in [-0.1, -0.05) is 13.0 Å². The second kappa shape index (κ2) is 7.78. The quantitative estimate of drug-likeness (QED) is 0.835. The molecule has 0 spiro atoms. The molecule has 0 amide bonds. The maximum Gasteiger partial charge on any atom is 0.119 e. The largest absolute Gasteiger partial charge is 0.497 e. The molecule has 4 heteroatoms. The van der Waals surface area contributed by atoms with E-state index in [0.29, 0.717) is 12.1 Å². The van der Waals surface area contributed by atoms with Gasteiger partial charge < -0.3 is 14.8 Å². The number of hydrogen-bond donors (Lipinski definition) is 1. The smallest absolute Gasteiger partial charge is 0.119 e. The average molecular weight is 292 g/mol. The molecule has 0 bridgehead atoms. The van der Waals surface area contributed by atoms with Gasteiger partial charge in [-0.25, -0.2) is 0 Å². The van der Waals surface area contributed by atoms with Crippen LogP contribution < -0.4 is 10.1 Å². The third-order valence-electron chi connectivity index (χ3n) is 4.42. The molecule has 0 heterocycles.